The van der Waals surface area contributed by atoms with Crippen LogP contribution in [0.15, 0.2) is 42.5 Å². The third-order valence-corrected chi connectivity index (χ3v) is 3.40. The smallest absolute Gasteiger partial charge is 0.0992 e. The lowest BCUT2D eigenvalue weighted by Crippen LogP contribution is -2.41. The van der Waals surface area contributed by atoms with Gasteiger partial charge in [-0.05, 0) is 31.7 Å². The lowest BCUT2D eigenvalue weighted by atomic mass is 9.94. The Bertz CT molecular complexity index is 370. The van der Waals surface area contributed by atoms with Crippen LogP contribution < -0.4 is 5.32 Å². The van der Waals surface area contributed by atoms with Crippen molar-refractivity contribution in [2.24, 2.45) is 0 Å². The highest BCUT2D eigenvalue weighted by Crippen LogP contribution is 2.20. The summed E-state index contributed by atoms with van der Waals surface area (Å²) in [6, 6.07) is 10.4. The van der Waals surface area contributed by atoms with Gasteiger partial charge in [-0.2, -0.15) is 0 Å². The van der Waals surface area contributed by atoms with Crippen molar-refractivity contribution < 1.29 is 5.11 Å². The maximum Gasteiger partial charge on any atom is 0.0992 e. The van der Waals surface area contributed by atoms with Gasteiger partial charge in [0, 0.05) is 12.6 Å². The monoisotopic (exact) mass is 231 g/mol. The molecule has 1 aromatic carbocycles. The lowest BCUT2D eigenvalue weighted by molar-refractivity contribution is 0.0534. The SMILES string of the molecule is CC(O)(CNC1CC=CCC1)c1ccccc1. The van der Waals surface area contributed by atoms with Crippen LogP contribution in [0.2, 0.25) is 0 Å². The van der Waals surface area contributed by atoms with E-state index in [1.165, 1.54) is 6.42 Å². The molecular formula is C15H21NO. The zero-order chi connectivity index (χ0) is 12.1. The second-order valence-electron chi connectivity index (χ2n) is 5.00. The van der Waals surface area contributed by atoms with E-state index < -0.39 is 5.60 Å². The molecule has 0 fully saturated rings. The van der Waals surface area contributed by atoms with Gasteiger partial charge in [-0.15, -0.1) is 0 Å². The van der Waals surface area contributed by atoms with E-state index in [9.17, 15) is 5.11 Å². The minimum absolute atomic E-state index is 0.509. The van der Waals surface area contributed by atoms with Crippen molar-refractivity contribution in [1.29, 1.82) is 0 Å². The Morgan fingerprint density at radius 1 is 1.29 bits per heavy atom. The van der Waals surface area contributed by atoms with E-state index in [2.05, 4.69) is 17.5 Å². The second-order valence-corrected chi connectivity index (χ2v) is 5.00. The van der Waals surface area contributed by atoms with Crippen LogP contribution in [-0.2, 0) is 5.60 Å². The van der Waals surface area contributed by atoms with Crippen LogP contribution in [0.25, 0.3) is 0 Å². The first-order valence-corrected chi connectivity index (χ1v) is 6.35. The molecule has 1 aliphatic carbocycles. The average Bonchev–Trinajstić information content (AvgIpc) is 2.39. The number of hydrogen-bond donors (Lipinski definition) is 2. The van der Waals surface area contributed by atoms with Gasteiger partial charge in [-0.1, -0.05) is 42.5 Å². The van der Waals surface area contributed by atoms with Crippen molar-refractivity contribution in [2.45, 2.75) is 37.8 Å². The fraction of sp³-hybridized carbons (Fsp3) is 0.467. The van der Waals surface area contributed by atoms with Crippen molar-refractivity contribution in [1.82, 2.24) is 5.32 Å². The Morgan fingerprint density at radius 3 is 2.71 bits per heavy atom. The van der Waals surface area contributed by atoms with E-state index in [0.29, 0.717) is 12.6 Å². The summed E-state index contributed by atoms with van der Waals surface area (Å²) >= 11 is 0. The number of rotatable bonds is 4. The molecule has 2 heteroatoms. The molecule has 0 spiro atoms. The number of hydrogen-bond acceptors (Lipinski definition) is 2. The maximum atomic E-state index is 10.4. The van der Waals surface area contributed by atoms with Crippen LogP contribution >= 0.6 is 0 Å². The number of aliphatic hydroxyl groups is 1. The zero-order valence-electron chi connectivity index (χ0n) is 10.4. The Morgan fingerprint density at radius 2 is 2.06 bits per heavy atom. The maximum absolute atomic E-state index is 10.4. The van der Waals surface area contributed by atoms with Gasteiger partial charge in [-0.25, -0.2) is 0 Å². The fourth-order valence-electron chi connectivity index (χ4n) is 2.22. The van der Waals surface area contributed by atoms with Crippen molar-refractivity contribution in [3.05, 3.63) is 48.0 Å². The van der Waals surface area contributed by atoms with Gasteiger partial charge >= 0.3 is 0 Å². The molecule has 17 heavy (non-hydrogen) atoms. The number of nitrogens with one attached hydrogen (secondary N) is 1. The highest BCUT2D eigenvalue weighted by atomic mass is 16.3. The summed E-state index contributed by atoms with van der Waals surface area (Å²) in [7, 11) is 0. The van der Waals surface area contributed by atoms with Gasteiger partial charge in [0.25, 0.3) is 0 Å². The van der Waals surface area contributed by atoms with Crippen LogP contribution in [-0.4, -0.2) is 17.7 Å². The van der Waals surface area contributed by atoms with E-state index >= 15 is 0 Å². The Kier molecular flexibility index (Phi) is 3.97. The van der Waals surface area contributed by atoms with Gasteiger partial charge in [0.2, 0.25) is 0 Å². The first-order chi connectivity index (χ1) is 8.18. The van der Waals surface area contributed by atoms with E-state index in [4.69, 9.17) is 0 Å². The molecule has 0 amide bonds. The molecule has 1 aliphatic rings. The van der Waals surface area contributed by atoms with Crippen LogP contribution in [0.3, 0.4) is 0 Å². The third kappa shape index (κ3) is 3.42. The molecule has 0 aromatic heterocycles. The van der Waals surface area contributed by atoms with Crippen LogP contribution in [0, 0.1) is 0 Å². The molecule has 0 bridgehead atoms. The summed E-state index contributed by atoms with van der Waals surface area (Å²) in [6.07, 6.45) is 7.84. The highest BCUT2D eigenvalue weighted by molar-refractivity contribution is 5.21. The van der Waals surface area contributed by atoms with E-state index in [-0.39, 0.29) is 0 Å². The van der Waals surface area contributed by atoms with Crippen LogP contribution in [0.1, 0.15) is 31.7 Å². The van der Waals surface area contributed by atoms with E-state index in [0.717, 1.165) is 18.4 Å². The van der Waals surface area contributed by atoms with E-state index in [1.54, 1.807) is 0 Å². The third-order valence-electron chi connectivity index (χ3n) is 3.40. The zero-order valence-corrected chi connectivity index (χ0v) is 10.4. The summed E-state index contributed by atoms with van der Waals surface area (Å²) in [4.78, 5) is 0. The van der Waals surface area contributed by atoms with Crippen molar-refractivity contribution in [3.8, 4) is 0 Å². The molecule has 0 aliphatic heterocycles. The Labute approximate surface area is 103 Å². The summed E-state index contributed by atoms with van der Waals surface area (Å²) < 4.78 is 0. The molecule has 2 nitrogen and oxygen atoms in total. The molecule has 2 unspecified atom stereocenters. The molecule has 0 radical (unpaired) electrons. The summed E-state index contributed by atoms with van der Waals surface area (Å²) in [5, 5.41) is 13.9. The summed E-state index contributed by atoms with van der Waals surface area (Å²) in [5.41, 5.74) is 0.182. The molecular weight excluding hydrogens is 210 g/mol. The Hall–Kier alpha value is -1.12. The molecule has 92 valence electrons. The van der Waals surface area contributed by atoms with Gasteiger partial charge < -0.3 is 10.4 Å². The highest BCUT2D eigenvalue weighted by Gasteiger charge is 2.23. The summed E-state index contributed by atoms with van der Waals surface area (Å²) in [5.74, 6) is 0. The van der Waals surface area contributed by atoms with Crippen LogP contribution in [0.5, 0.6) is 0 Å². The number of allylic oxidation sites excluding steroid dienone is 1. The molecule has 1 aromatic rings. The predicted octanol–water partition coefficient (Wildman–Crippen LogP) is 2.59. The van der Waals surface area contributed by atoms with Gasteiger partial charge in [-0.3, -0.25) is 0 Å². The predicted molar refractivity (Wildman–Crippen MR) is 70.8 cm³/mol. The lowest BCUT2D eigenvalue weighted by Gasteiger charge is -2.28. The minimum atomic E-state index is -0.789. The minimum Gasteiger partial charge on any atom is -0.384 e. The van der Waals surface area contributed by atoms with Crippen LogP contribution in [0.4, 0.5) is 0 Å². The second kappa shape index (κ2) is 5.48. The molecule has 0 saturated heterocycles. The fourth-order valence-corrected chi connectivity index (χ4v) is 2.22. The van der Waals surface area contributed by atoms with E-state index in [1.807, 2.05) is 37.3 Å². The molecule has 0 heterocycles. The first kappa shape index (κ1) is 12.3. The van der Waals surface area contributed by atoms with Gasteiger partial charge in [0.15, 0.2) is 0 Å². The Balaban J connectivity index is 1.91. The largest absolute Gasteiger partial charge is 0.384 e. The van der Waals surface area contributed by atoms with Crippen molar-refractivity contribution in [2.75, 3.05) is 6.54 Å². The normalized spacial score (nSPS) is 23.3. The average molecular weight is 231 g/mol. The standard InChI is InChI=1S/C15H21NO/c1-15(17,13-8-4-2-5-9-13)12-16-14-10-6-3-7-11-14/h2-6,8-9,14,16-17H,7,10-12H2,1H3. The molecule has 2 atom stereocenters. The van der Waals surface area contributed by atoms with Gasteiger partial charge in [0.1, 0.15) is 0 Å². The topological polar surface area (TPSA) is 32.3 Å². The molecule has 2 rings (SSSR count). The molecule has 2 N–H and O–H groups in total. The summed E-state index contributed by atoms with van der Waals surface area (Å²) in [6.45, 7) is 2.48. The first-order valence-electron chi connectivity index (χ1n) is 6.35. The van der Waals surface area contributed by atoms with Crippen molar-refractivity contribution in [3.63, 3.8) is 0 Å². The molecule has 0 saturated carbocycles. The number of benzene rings is 1. The quantitative estimate of drug-likeness (QED) is 0.781. The van der Waals surface area contributed by atoms with Gasteiger partial charge in [0.05, 0.1) is 5.60 Å². The van der Waals surface area contributed by atoms with Crippen molar-refractivity contribution >= 4 is 0 Å².